The van der Waals surface area contributed by atoms with Crippen molar-refractivity contribution in [1.82, 2.24) is 19.8 Å². The van der Waals surface area contributed by atoms with Gasteiger partial charge in [0.25, 0.3) is 0 Å². The number of rotatable bonds is 6. The topological polar surface area (TPSA) is 98.8 Å². The van der Waals surface area contributed by atoms with E-state index < -0.39 is 21.6 Å². The summed E-state index contributed by atoms with van der Waals surface area (Å²) in [6, 6.07) is 8.77. The zero-order valence-corrected chi connectivity index (χ0v) is 18.0. The largest absolute Gasteiger partial charge is 0.333 e. The third-order valence-electron chi connectivity index (χ3n) is 4.32. The van der Waals surface area contributed by atoms with Gasteiger partial charge in [0.1, 0.15) is 0 Å². The van der Waals surface area contributed by atoms with Crippen molar-refractivity contribution in [1.29, 1.82) is 0 Å². The first-order valence-corrected chi connectivity index (χ1v) is 11.1. The molecule has 9 heteroatoms. The van der Waals surface area contributed by atoms with Crippen molar-refractivity contribution in [3.05, 3.63) is 41.3 Å². The highest BCUT2D eigenvalue weighted by atomic mass is 32.2. The molecule has 1 aliphatic rings. The van der Waals surface area contributed by atoms with Gasteiger partial charge in [-0.05, 0) is 32.4 Å². The SMILES string of the molecule is CC(C)(C)NC(=O)NC(=O)CCN1CCN(S(=O)(=O)/C=C/c2ccccc2)CC1. The van der Waals surface area contributed by atoms with E-state index in [4.69, 9.17) is 0 Å². The van der Waals surface area contributed by atoms with E-state index in [2.05, 4.69) is 10.6 Å². The van der Waals surface area contributed by atoms with Gasteiger partial charge in [-0.3, -0.25) is 10.1 Å². The van der Waals surface area contributed by atoms with E-state index in [9.17, 15) is 18.0 Å². The number of hydrogen-bond donors (Lipinski definition) is 2. The molecule has 160 valence electrons. The van der Waals surface area contributed by atoms with Crippen molar-refractivity contribution >= 4 is 28.0 Å². The third kappa shape index (κ3) is 8.35. The molecule has 0 spiro atoms. The Morgan fingerprint density at radius 3 is 2.28 bits per heavy atom. The van der Waals surface area contributed by atoms with E-state index in [-0.39, 0.29) is 12.3 Å². The van der Waals surface area contributed by atoms with Crippen molar-refractivity contribution in [3.8, 4) is 0 Å². The summed E-state index contributed by atoms with van der Waals surface area (Å²) < 4.78 is 26.4. The number of carbonyl (C=O) groups is 2. The van der Waals surface area contributed by atoms with E-state index in [1.54, 1.807) is 6.08 Å². The second kappa shape index (κ2) is 10.00. The van der Waals surface area contributed by atoms with Crippen LogP contribution in [0.2, 0.25) is 0 Å². The molecule has 2 rings (SSSR count). The Balaban J connectivity index is 1.75. The molecule has 0 aromatic heterocycles. The van der Waals surface area contributed by atoms with Gasteiger partial charge in [-0.2, -0.15) is 4.31 Å². The summed E-state index contributed by atoms with van der Waals surface area (Å²) in [6.07, 6.45) is 1.77. The van der Waals surface area contributed by atoms with Gasteiger partial charge in [-0.1, -0.05) is 30.3 Å². The van der Waals surface area contributed by atoms with Gasteiger partial charge < -0.3 is 10.2 Å². The van der Waals surface area contributed by atoms with E-state index in [1.165, 1.54) is 9.71 Å². The highest BCUT2D eigenvalue weighted by Crippen LogP contribution is 2.11. The Labute approximate surface area is 173 Å². The molecule has 1 saturated heterocycles. The van der Waals surface area contributed by atoms with E-state index in [1.807, 2.05) is 56.0 Å². The Morgan fingerprint density at radius 1 is 1.07 bits per heavy atom. The summed E-state index contributed by atoms with van der Waals surface area (Å²) in [7, 11) is -3.48. The first-order valence-electron chi connectivity index (χ1n) is 9.63. The van der Waals surface area contributed by atoms with Crippen LogP contribution in [0, 0.1) is 0 Å². The zero-order chi connectivity index (χ0) is 21.5. The van der Waals surface area contributed by atoms with Crippen LogP contribution in [0.15, 0.2) is 35.7 Å². The number of hydrogen-bond acceptors (Lipinski definition) is 5. The van der Waals surface area contributed by atoms with Crippen molar-refractivity contribution in [3.63, 3.8) is 0 Å². The molecule has 0 radical (unpaired) electrons. The summed E-state index contributed by atoms with van der Waals surface area (Å²) >= 11 is 0. The van der Waals surface area contributed by atoms with Crippen LogP contribution < -0.4 is 10.6 Å². The first-order chi connectivity index (χ1) is 13.5. The number of imide groups is 1. The minimum absolute atomic E-state index is 0.179. The quantitative estimate of drug-likeness (QED) is 0.726. The molecule has 1 fully saturated rings. The summed E-state index contributed by atoms with van der Waals surface area (Å²) in [5, 5.41) is 6.22. The molecule has 0 atom stereocenters. The normalized spacial score (nSPS) is 16.7. The van der Waals surface area contributed by atoms with Gasteiger partial charge in [-0.25, -0.2) is 13.2 Å². The molecule has 2 N–H and O–H groups in total. The molecular formula is C20H30N4O4S. The molecule has 1 heterocycles. The van der Waals surface area contributed by atoms with Crippen LogP contribution in [0.3, 0.4) is 0 Å². The fraction of sp³-hybridized carbons (Fsp3) is 0.500. The van der Waals surface area contributed by atoms with Gasteiger partial charge >= 0.3 is 6.03 Å². The van der Waals surface area contributed by atoms with Crippen LogP contribution in [0.25, 0.3) is 6.08 Å². The molecule has 1 aromatic rings. The van der Waals surface area contributed by atoms with E-state index >= 15 is 0 Å². The maximum Gasteiger partial charge on any atom is 0.321 e. The molecule has 3 amide bonds. The van der Waals surface area contributed by atoms with Gasteiger partial charge in [0.05, 0.1) is 0 Å². The van der Waals surface area contributed by atoms with Crippen LogP contribution >= 0.6 is 0 Å². The average Bonchev–Trinajstić information content (AvgIpc) is 2.64. The standard InChI is InChI=1S/C20H30N4O4S/c1-20(2,3)22-19(26)21-18(25)9-11-23-12-14-24(15-13-23)29(27,28)16-10-17-7-5-4-6-8-17/h4-8,10,16H,9,11-15H2,1-3H3,(H2,21,22,25,26)/b16-10+. The monoisotopic (exact) mass is 422 g/mol. The Hall–Kier alpha value is -2.23. The smallest absolute Gasteiger partial charge is 0.321 e. The van der Waals surface area contributed by atoms with Crippen LogP contribution in [0.4, 0.5) is 4.79 Å². The molecule has 0 aliphatic carbocycles. The predicted molar refractivity (Wildman–Crippen MR) is 113 cm³/mol. The summed E-state index contributed by atoms with van der Waals surface area (Å²) in [6.45, 7) is 7.79. The average molecular weight is 423 g/mol. The number of nitrogens with zero attached hydrogens (tertiary/aromatic N) is 2. The second-order valence-electron chi connectivity index (χ2n) is 8.00. The second-order valence-corrected chi connectivity index (χ2v) is 9.82. The number of benzene rings is 1. The fourth-order valence-corrected chi connectivity index (χ4v) is 4.02. The highest BCUT2D eigenvalue weighted by molar-refractivity contribution is 7.92. The molecule has 0 saturated carbocycles. The molecule has 1 aliphatic heterocycles. The van der Waals surface area contributed by atoms with E-state index in [0.29, 0.717) is 32.7 Å². The van der Waals surface area contributed by atoms with Gasteiger partial charge in [0.15, 0.2) is 0 Å². The van der Waals surface area contributed by atoms with Gasteiger partial charge in [0, 0.05) is 50.1 Å². The number of nitrogens with one attached hydrogen (secondary N) is 2. The maximum atomic E-state index is 12.5. The maximum absolute atomic E-state index is 12.5. The lowest BCUT2D eigenvalue weighted by Gasteiger charge is -2.33. The summed E-state index contributed by atoms with van der Waals surface area (Å²) in [5.74, 6) is -0.354. The minimum atomic E-state index is -3.48. The van der Waals surface area contributed by atoms with Gasteiger partial charge in [-0.15, -0.1) is 0 Å². The van der Waals surface area contributed by atoms with Crippen molar-refractivity contribution in [2.75, 3.05) is 32.7 Å². The van der Waals surface area contributed by atoms with Crippen molar-refractivity contribution in [2.24, 2.45) is 0 Å². The molecule has 1 aromatic carbocycles. The van der Waals surface area contributed by atoms with Gasteiger partial charge in [0.2, 0.25) is 15.9 Å². The van der Waals surface area contributed by atoms with Crippen LogP contribution in [-0.4, -0.2) is 67.8 Å². The van der Waals surface area contributed by atoms with Crippen molar-refractivity contribution in [2.45, 2.75) is 32.7 Å². The zero-order valence-electron chi connectivity index (χ0n) is 17.2. The molecule has 0 bridgehead atoms. The van der Waals surface area contributed by atoms with Crippen LogP contribution in [-0.2, 0) is 14.8 Å². The molecule has 29 heavy (non-hydrogen) atoms. The summed E-state index contributed by atoms with van der Waals surface area (Å²) in [4.78, 5) is 25.6. The fourth-order valence-electron chi connectivity index (χ4n) is 2.84. The lowest BCUT2D eigenvalue weighted by atomic mass is 10.1. The minimum Gasteiger partial charge on any atom is -0.333 e. The Kier molecular flexibility index (Phi) is 7.95. The molecule has 0 unspecified atom stereocenters. The molecule has 8 nitrogen and oxygen atoms in total. The lowest BCUT2D eigenvalue weighted by Crippen LogP contribution is -2.50. The highest BCUT2D eigenvalue weighted by Gasteiger charge is 2.25. The first kappa shape index (κ1) is 23.1. The molecular weight excluding hydrogens is 392 g/mol. The number of sulfonamides is 1. The Morgan fingerprint density at radius 2 is 1.69 bits per heavy atom. The Bertz CT molecular complexity index is 824. The lowest BCUT2D eigenvalue weighted by molar-refractivity contribution is -0.120. The third-order valence-corrected chi connectivity index (χ3v) is 5.88. The van der Waals surface area contributed by atoms with Crippen molar-refractivity contribution < 1.29 is 18.0 Å². The number of piperazine rings is 1. The number of urea groups is 1. The van der Waals surface area contributed by atoms with Crippen LogP contribution in [0.5, 0.6) is 0 Å². The van der Waals surface area contributed by atoms with Crippen LogP contribution in [0.1, 0.15) is 32.8 Å². The predicted octanol–water partition coefficient (Wildman–Crippen LogP) is 1.62. The number of amides is 3. The van der Waals surface area contributed by atoms with E-state index in [0.717, 1.165) is 5.56 Å². The summed E-state index contributed by atoms with van der Waals surface area (Å²) in [5.41, 5.74) is 0.414. The number of carbonyl (C=O) groups excluding carboxylic acids is 2.